The topological polar surface area (TPSA) is 96.0 Å². The second-order valence-corrected chi connectivity index (χ2v) is 13.3. The minimum Gasteiger partial charge on any atom is -0.494 e. The van der Waals surface area contributed by atoms with E-state index < -0.39 is 34.3 Å². The minimum absolute atomic E-state index is 0.0452. The van der Waals surface area contributed by atoms with Crippen molar-refractivity contribution in [2.45, 2.75) is 44.2 Å². The van der Waals surface area contributed by atoms with Crippen LogP contribution in [0, 0.1) is 5.82 Å². The zero-order valence-corrected chi connectivity index (χ0v) is 28.1. The van der Waals surface area contributed by atoms with Crippen LogP contribution in [-0.4, -0.2) is 50.9 Å². The van der Waals surface area contributed by atoms with E-state index in [4.69, 9.17) is 4.74 Å². The molecule has 1 atom stereocenters. The van der Waals surface area contributed by atoms with Gasteiger partial charge < -0.3 is 15.0 Å². The van der Waals surface area contributed by atoms with E-state index >= 15 is 0 Å². The van der Waals surface area contributed by atoms with Crippen molar-refractivity contribution in [2.24, 2.45) is 0 Å². The quantitative estimate of drug-likeness (QED) is 0.155. The maximum atomic E-state index is 14.4. The smallest absolute Gasteiger partial charge is 0.264 e. The van der Waals surface area contributed by atoms with Crippen molar-refractivity contribution in [3.8, 4) is 5.75 Å². The minimum atomic E-state index is -4.32. The summed E-state index contributed by atoms with van der Waals surface area (Å²) < 4.78 is 49.4. The Balaban J connectivity index is 1.78. The summed E-state index contributed by atoms with van der Waals surface area (Å²) in [4.78, 5) is 29.5. The Labute approximate surface area is 278 Å². The van der Waals surface area contributed by atoms with Crippen molar-refractivity contribution in [2.75, 3.05) is 24.0 Å². The fraction of sp³-hybridized carbons (Fsp3) is 0.257. The van der Waals surface area contributed by atoms with Crippen molar-refractivity contribution in [1.82, 2.24) is 10.2 Å². The van der Waals surface area contributed by atoms with Gasteiger partial charge in [0.1, 0.15) is 24.2 Å². The highest BCUT2D eigenvalue weighted by Gasteiger charge is 2.34. The monoisotopic (exact) mass is 709 g/mol. The number of anilines is 1. The fourth-order valence-electron chi connectivity index (χ4n) is 4.84. The average Bonchev–Trinajstić information content (AvgIpc) is 3.06. The van der Waals surface area contributed by atoms with Crippen LogP contribution in [0.3, 0.4) is 0 Å². The number of halogens is 2. The summed E-state index contributed by atoms with van der Waals surface area (Å²) in [6.45, 7) is 3.99. The molecule has 0 heterocycles. The first-order valence-electron chi connectivity index (χ1n) is 15.0. The molecule has 4 rings (SSSR count). The van der Waals surface area contributed by atoms with Crippen LogP contribution in [0.15, 0.2) is 112 Å². The molecule has 1 unspecified atom stereocenters. The molecule has 1 N–H and O–H groups in total. The molecule has 0 saturated carbocycles. The zero-order valence-electron chi connectivity index (χ0n) is 25.7. The molecule has 0 saturated heterocycles. The number of nitrogens with zero attached hydrogens (tertiary/aromatic N) is 2. The Morgan fingerprint density at radius 2 is 1.52 bits per heavy atom. The molecule has 0 bridgehead atoms. The molecule has 4 aromatic rings. The van der Waals surface area contributed by atoms with Gasteiger partial charge in [-0.25, -0.2) is 12.8 Å². The third-order valence-corrected chi connectivity index (χ3v) is 9.52. The van der Waals surface area contributed by atoms with Gasteiger partial charge in [0.15, 0.2) is 0 Å². The SMILES string of the molecule is CCCNC(=O)C(Cc1ccccc1)N(Cc1ccc(Br)cc1)C(=O)CN(c1ccc(F)cc1)S(=O)(=O)c1ccc(OCC)cc1. The molecule has 242 valence electrons. The molecule has 0 aliphatic rings. The maximum absolute atomic E-state index is 14.4. The number of hydrogen-bond acceptors (Lipinski definition) is 5. The van der Waals surface area contributed by atoms with Gasteiger partial charge in [-0.3, -0.25) is 13.9 Å². The lowest BCUT2D eigenvalue weighted by molar-refractivity contribution is -0.140. The number of benzene rings is 4. The summed E-state index contributed by atoms with van der Waals surface area (Å²) in [6, 6.07) is 26.5. The summed E-state index contributed by atoms with van der Waals surface area (Å²) >= 11 is 3.43. The second kappa shape index (κ2) is 16.4. The number of nitrogens with one attached hydrogen (secondary N) is 1. The van der Waals surface area contributed by atoms with E-state index in [9.17, 15) is 22.4 Å². The molecule has 2 amide bonds. The Morgan fingerprint density at radius 3 is 2.13 bits per heavy atom. The molecule has 0 radical (unpaired) electrons. The molecule has 11 heteroatoms. The number of rotatable bonds is 15. The van der Waals surface area contributed by atoms with Gasteiger partial charge in [0.2, 0.25) is 11.8 Å². The molecule has 46 heavy (non-hydrogen) atoms. The van der Waals surface area contributed by atoms with E-state index in [1.165, 1.54) is 41.3 Å². The molecular formula is C35H37BrFN3O5S. The lowest BCUT2D eigenvalue weighted by Gasteiger charge is -2.34. The lowest BCUT2D eigenvalue weighted by Crippen LogP contribution is -2.53. The highest BCUT2D eigenvalue weighted by atomic mass is 79.9. The first-order chi connectivity index (χ1) is 22.1. The molecule has 0 aliphatic heterocycles. The summed E-state index contributed by atoms with van der Waals surface area (Å²) in [5.74, 6) is -1.01. The lowest BCUT2D eigenvalue weighted by atomic mass is 10.0. The van der Waals surface area contributed by atoms with Gasteiger partial charge >= 0.3 is 0 Å². The third kappa shape index (κ3) is 9.17. The molecule has 0 fully saturated rings. The van der Waals surface area contributed by atoms with Crippen LogP contribution in [0.2, 0.25) is 0 Å². The highest BCUT2D eigenvalue weighted by Crippen LogP contribution is 2.27. The van der Waals surface area contributed by atoms with Crippen molar-refractivity contribution < 1.29 is 27.1 Å². The standard InChI is InChI=1S/C35H37BrFN3O5S/c1-3-22-38-35(42)33(23-26-8-6-5-7-9-26)39(24-27-10-12-28(36)13-11-27)34(41)25-40(30-16-14-29(37)15-17-30)46(43,44)32-20-18-31(19-21-32)45-4-2/h5-21,33H,3-4,22-25H2,1-2H3,(H,38,42). The predicted octanol–water partition coefficient (Wildman–Crippen LogP) is 6.35. The Kier molecular flexibility index (Phi) is 12.3. The maximum Gasteiger partial charge on any atom is 0.264 e. The summed E-state index contributed by atoms with van der Waals surface area (Å²) in [5, 5.41) is 2.92. The molecule has 0 aromatic heterocycles. The van der Waals surface area contributed by atoms with E-state index in [1.54, 1.807) is 0 Å². The highest BCUT2D eigenvalue weighted by molar-refractivity contribution is 9.10. The second-order valence-electron chi connectivity index (χ2n) is 10.5. The van der Waals surface area contributed by atoms with E-state index in [1.807, 2.05) is 68.4 Å². The van der Waals surface area contributed by atoms with Crippen LogP contribution in [0.1, 0.15) is 31.4 Å². The van der Waals surface area contributed by atoms with E-state index in [0.29, 0.717) is 25.3 Å². The molecule has 0 spiro atoms. The van der Waals surface area contributed by atoms with Crippen molar-refractivity contribution in [3.63, 3.8) is 0 Å². The van der Waals surface area contributed by atoms with Crippen LogP contribution in [0.4, 0.5) is 10.1 Å². The summed E-state index contributed by atoms with van der Waals surface area (Å²) in [6.07, 6.45) is 0.907. The molecule has 4 aromatic carbocycles. The van der Waals surface area contributed by atoms with Gasteiger partial charge in [0.05, 0.1) is 17.2 Å². The van der Waals surface area contributed by atoms with Crippen molar-refractivity contribution in [3.05, 3.63) is 125 Å². The van der Waals surface area contributed by atoms with E-state index in [0.717, 1.165) is 32.0 Å². The number of sulfonamides is 1. The Morgan fingerprint density at radius 1 is 0.870 bits per heavy atom. The van der Waals surface area contributed by atoms with Crippen LogP contribution in [0.5, 0.6) is 5.75 Å². The van der Waals surface area contributed by atoms with Crippen LogP contribution in [-0.2, 0) is 32.6 Å². The van der Waals surface area contributed by atoms with Gasteiger partial charge in [-0.2, -0.15) is 0 Å². The molecular weight excluding hydrogens is 673 g/mol. The van der Waals surface area contributed by atoms with Gasteiger partial charge in [-0.1, -0.05) is 65.3 Å². The van der Waals surface area contributed by atoms with Crippen LogP contribution >= 0.6 is 15.9 Å². The van der Waals surface area contributed by atoms with Crippen molar-refractivity contribution in [1.29, 1.82) is 0 Å². The van der Waals surface area contributed by atoms with Crippen LogP contribution in [0.25, 0.3) is 0 Å². The summed E-state index contributed by atoms with van der Waals surface area (Å²) in [5.41, 5.74) is 1.69. The third-order valence-electron chi connectivity index (χ3n) is 7.20. The molecule has 0 aliphatic carbocycles. The predicted molar refractivity (Wildman–Crippen MR) is 180 cm³/mol. The van der Waals surface area contributed by atoms with E-state index in [-0.39, 0.29) is 29.5 Å². The summed E-state index contributed by atoms with van der Waals surface area (Å²) in [7, 11) is -4.32. The Hall–Kier alpha value is -4.22. The number of amides is 2. The number of hydrogen-bond donors (Lipinski definition) is 1. The van der Waals surface area contributed by atoms with Gasteiger partial charge in [-0.05, 0) is 85.1 Å². The van der Waals surface area contributed by atoms with Gasteiger partial charge in [0, 0.05) is 24.0 Å². The Bertz CT molecular complexity index is 1690. The fourth-order valence-corrected chi connectivity index (χ4v) is 6.52. The normalized spacial score (nSPS) is 11.8. The number of ether oxygens (including phenoxy) is 1. The van der Waals surface area contributed by atoms with E-state index in [2.05, 4.69) is 21.2 Å². The molecule has 8 nitrogen and oxygen atoms in total. The van der Waals surface area contributed by atoms with Crippen molar-refractivity contribution >= 4 is 43.5 Å². The largest absolute Gasteiger partial charge is 0.494 e. The number of carbonyl (C=O) groups is 2. The first-order valence-corrected chi connectivity index (χ1v) is 17.2. The zero-order chi connectivity index (χ0) is 33.1. The van der Waals surface area contributed by atoms with Crippen LogP contribution < -0.4 is 14.4 Å². The average molecular weight is 711 g/mol. The van der Waals surface area contributed by atoms with Gasteiger partial charge in [-0.15, -0.1) is 0 Å². The van der Waals surface area contributed by atoms with Gasteiger partial charge in [0.25, 0.3) is 10.0 Å². The number of carbonyl (C=O) groups excluding carboxylic acids is 2. The first kappa shape index (κ1) is 34.6.